The minimum Gasteiger partial charge on any atom is -0.493 e. The van der Waals surface area contributed by atoms with Gasteiger partial charge >= 0.3 is 0 Å². The Hall–Kier alpha value is -1.56. The molecule has 132 valence electrons. The SMILES string of the molecule is CC1(C)CCN(C(=O)C[C@@H]2CCOc3ccccc32)CCS1(=O)=O. The first-order chi connectivity index (χ1) is 11.3. The molecule has 1 aromatic carbocycles. The molecule has 1 saturated heterocycles. The summed E-state index contributed by atoms with van der Waals surface area (Å²) in [5.74, 6) is 1.11. The highest BCUT2D eigenvalue weighted by Gasteiger charge is 2.38. The maximum Gasteiger partial charge on any atom is 0.223 e. The molecule has 3 rings (SSSR count). The molecule has 5 nitrogen and oxygen atoms in total. The molecule has 0 aliphatic carbocycles. The first kappa shape index (κ1) is 17.3. The largest absolute Gasteiger partial charge is 0.493 e. The van der Waals surface area contributed by atoms with Gasteiger partial charge in [0, 0.05) is 19.5 Å². The number of hydrogen-bond donors (Lipinski definition) is 0. The van der Waals surface area contributed by atoms with Crippen molar-refractivity contribution in [3.63, 3.8) is 0 Å². The topological polar surface area (TPSA) is 63.7 Å². The second-order valence-corrected chi connectivity index (χ2v) is 10.0. The summed E-state index contributed by atoms with van der Waals surface area (Å²) < 4.78 is 29.5. The predicted octanol–water partition coefficient (Wildman–Crippen LogP) is 2.37. The van der Waals surface area contributed by atoms with E-state index in [1.807, 2.05) is 24.3 Å². The average molecular weight is 351 g/mol. The number of nitrogens with zero attached hydrogens (tertiary/aromatic N) is 1. The van der Waals surface area contributed by atoms with E-state index < -0.39 is 14.6 Å². The first-order valence-electron chi connectivity index (χ1n) is 8.52. The number of benzene rings is 1. The summed E-state index contributed by atoms with van der Waals surface area (Å²) in [4.78, 5) is 14.5. The van der Waals surface area contributed by atoms with E-state index in [9.17, 15) is 13.2 Å². The highest BCUT2D eigenvalue weighted by atomic mass is 32.2. The Labute approximate surface area is 143 Å². The molecule has 0 saturated carbocycles. The van der Waals surface area contributed by atoms with Crippen molar-refractivity contribution < 1.29 is 17.9 Å². The van der Waals surface area contributed by atoms with Gasteiger partial charge in [0.1, 0.15) is 5.75 Å². The van der Waals surface area contributed by atoms with Crippen molar-refractivity contribution in [2.75, 3.05) is 25.4 Å². The number of carbonyl (C=O) groups is 1. The lowest BCUT2D eigenvalue weighted by atomic mass is 9.90. The van der Waals surface area contributed by atoms with Gasteiger partial charge in [0.05, 0.1) is 17.1 Å². The number of hydrogen-bond acceptors (Lipinski definition) is 4. The van der Waals surface area contributed by atoms with Crippen LogP contribution in [0.4, 0.5) is 0 Å². The van der Waals surface area contributed by atoms with Crippen LogP contribution in [0.2, 0.25) is 0 Å². The van der Waals surface area contributed by atoms with E-state index in [0.29, 0.717) is 32.5 Å². The Balaban J connectivity index is 1.70. The number of rotatable bonds is 2. The number of carbonyl (C=O) groups excluding carboxylic acids is 1. The molecule has 1 fully saturated rings. The lowest BCUT2D eigenvalue weighted by molar-refractivity contribution is -0.131. The lowest BCUT2D eigenvalue weighted by Crippen LogP contribution is -2.35. The van der Waals surface area contributed by atoms with Crippen LogP contribution in [0.5, 0.6) is 5.75 Å². The molecule has 0 bridgehead atoms. The van der Waals surface area contributed by atoms with Crippen LogP contribution in [0.15, 0.2) is 24.3 Å². The van der Waals surface area contributed by atoms with Crippen LogP contribution in [-0.4, -0.2) is 49.4 Å². The van der Waals surface area contributed by atoms with Crippen LogP contribution >= 0.6 is 0 Å². The van der Waals surface area contributed by atoms with Crippen LogP contribution < -0.4 is 4.74 Å². The maximum absolute atomic E-state index is 12.7. The lowest BCUT2D eigenvalue weighted by Gasteiger charge is -2.28. The van der Waals surface area contributed by atoms with Crippen LogP contribution in [-0.2, 0) is 14.6 Å². The van der Waals surface area contributed by atoms with Crippen molar-refractivity contribution in [1.29, 1.82) is 0 Å². The monoisotopic (exact) mass is 351 g/mol. The number of sulfone groups is 1. The fourth-order valence-corrected chi connectivity index (χ4v) is 4.81. The Morgan fingerprint density at radius 1 is 1.29 bits per heavy atom. The average Bonchev–Trinajstić information content (AvgIpc) is 2.64. The normalized spacial score (nSPS) is 25.2. The Kier molecular flexibility index (Phi) is 4.60. The second kappa shape index (κ2) is 6.39. The molecule has 0 radical (unpaired) electrons. The van der Waals surface area contributed by atoms with E-state index >= 15 is 0 Å². The molecular formula is C18H25NO4S. The summed E-state index contributed by atoms with van der Waals surface area (Å²) in [5.41, 5.74) is 1.08. The number of ether oxygens (including phenoxy) is 1. The van der Waals surface area contributed by atoms with Crippen molar-refractivity contribution in [2.45, 2.75) is 43.8 Å². The van der Waals surface area contributed by atoms with Crippen LogP contribution in [0.25, 0.3) is 0 Å². The van der Waals surface area contributed by atoms with Gasteiger partial charge in [-0.1, -0.05) is 18.2 Å². The summed E-state index contributed by atoms with van der Waals surface area (Å²) in [6, 6.07) is 7.85. The van der Waals surface area contributed by atoms with E-state index in [1.165, 1.54) is 0 Å². The second-order valence-electron chi connectivity index (χ2n) is 7.29. The van der Waals surface area contributed by atoms with Crippen molar-refractivity contribution >= 4 is 15.7 Å². The molecular weight excluding hydrogens is 326 g/mol. The zero-order chi connectivity index (χ0) is 17.4. The summed E-state index contributed by atoms with van der Waals surface area (Å²) in [6.07, 6.45) is 1.73. The van der Waals surface area contributed by atoms with Crippen LogP contribution in [0.1, 0.15) is 44.6 Å². The zero-order valence-corrected chi connectivity index (χ0v) is 15.1. The van der Waals surface area contributed by atoms with E-state index in [0.717, 1.165) is 17.7 Å². The Bertz CT molecular complexity index is 726. The third kappa shape index (κ3) is 3.29. The number of amides is 1. The minimum absolute atomic E-state index is 0.0459. The van der Waals surface area contributed by atoms with E-state index in [-0.39, 0.29) is 17.6 Å². The predicted molar refractivity (Wildman–Crippen MR) is 93.0 cm³/mol. The molecule has 1 atom stereocenters. The molecule has 6 heteroatoms. The summed E-state index contributed by atoms with van der Waals surface area (Å²) in [6.45, 7) is 4.94. The third-order valence-electron chi connectivity index (χ3n) is 5.31. The van der Waals surface area contributed by atoms with E-state index in [1.54, 1.807) is 18.7 Å². The highest BCUT2D eigenvalue weighted by Crippen LogP contribution is 2.36. The van der Waals surface area contributed by atoms with Gasteiger partial charge in [-0.15, -0.1) is 0 Å². The van der Waals surface area contributed by atoms with Crippen molar-refractivity contribution in [3.8, 4) is 5.75 Å². The van der Waals surface area contributed by atoms with Gasteiger partial charge in [0.2, 0.25) is 5.91 Å². The van der Waals surface area contributed by atoms with E-state index in [2.05, 4.69) is 0 Å². The van der Waals surface area contributed by atoms with Crippen molar-refractivity contribution in [2.24, 2.45) is 0 Å². The number of para-hydroxylation sites is 1. The molecule has 2 heterocycles. The Morgan fingerprint density at radius 2 is 2.04 bits per heavy atom. The molecule has 0 N–H and O–H groups in total. The Morgan fingerprint density at radius 3 is 2.83 bits per heavy atom. The quantitative estimate of drug-likeness (QED) is 0.821. The third-order valence-corrected chi connectivity index (χ3v) is 7.92. The molecule has 1 aromatic rings. The molecule has 0 spiro atoms. The van der Waals surface area contributed by atoms with Gasteiger partial charge in [-0.3, -0.25) is 4.79 Å². The molecule has 0 unspecified atom stereocenters. The standard InChI is InChI=1S/C18H25NO4S/c1-18(2)8-9-19(10-12-24(18,21)22)17(20)13-14-7-11-23-16-6-4-3-5-15(14)16/h3-6,14H,7-13H2,1-2H3/t14-/m0/s1. The molecule has 24 heavy (non-hydrogen) atoms. The summed E-state index contributed by atoms with van der Waals surface area (Å²) in [5, 5.41) is 0. The fourth-order valence-electron chi connectivity index (χ4n) is 3.40. The highest BCUT2D eigenvalue weighted by molar-refractivity contribution is 7.92. The zero-order valence-electron chi connectivity index (χ0n) is 14.3. The van der Waals surface area contributed by atoms with Gasteiger partial charge in [-0.2, -0.15) is 0 Å². The summed E-state index contributed by atoms with van der Waals surface area (Å²) in [7, 11) is -3.16. The number of fused-ring (bicyclic) bond motifs is 1. The van der Waals surface area contributed by atoms with Crippen LogP contribution in [0, 0.1) is 0 Å². The van der Waals surface area contributed by atoms with Gasteiger partial charge in [-0.25, -0.2) is 8.42 Å². The molecule has 0 aromatic heterocycles. The van der Waals surface area contributed by atoms with E-state index in [4.69, 9.17) is 4.74 Å². The van der Waals surface area contributed by atoms with Crippen molar-refractivity contribution in [1.82, 2.24) is 4.90 Å². The summed E-state index contributed by atoms with van der Waals surface area (Å²) >= 11 is 0. The fraction of sp³-hybridized carbons (Fsp3) is 0.611. The van der Waals surface area contributed by atoms with Crippen LogP contribution in [0.3, 0.4) is 0 Å². The maximum atomic E-state index is 12.7. The van der Waals surface area contributed by atoms with Gasteiger partial charge in [-0.05, 0) is 44.2 Å². The van der Waals surface area contributed by atoms with Gasteiger partial charge in [0.25, 0.3) is 0 Å². The minimum atomic E-state index is -3.16. The van der Waals surface area contributed by atoms with Crippen molar-refractivity contribution in [3.05, 3.63) is 29.8 Å². The first-order valence-corrected chi connectivity index (χ1v) is 10.2. The van der Waals surface area contributed by atoms with Gasteiger partial charge in [0.15, 0.2) is 9.84 Å². The van der Waals surface area contributed by atoms with Gasteiger partial charge < -0.3 is 9.64 Å². The molecule has 1 amide bonds. The molecule has 2 aliphatic heterocycles. The smallest absolute Gasteiger partial charge is 0.223 e. The molecule has 2 aliphatic rings.